The van der Waals surface area contributed by atoms with E-state index in [1.165, 1.54) is 29.8 Å². The predicted octanol–water partition coefficient (Wildman–Crippen LogP) is 0.534. The van der Waals surface area contributed by atoms with Crippen LogP contribution in [-0.2, 0) is 7.05 Å². The summed E-state index contributed by atoms with van der Waals surface area (Å²) in [6.07, 6.45) is 1.46. The van der Waals surface area contributed by atoms with E-state index in [4.69, 9.17) is 4.74 Å². The second kappa shape index (κ2) is 6.17. The molecule has 0 atom stereocenters. The van der Waals surface area contributed by atoms with Crippen LogP contribution in [0, 0.1) is 0 Å². The van der Waals surface area contributed by atoms with E-state index >= 15 is 0 Å². The lowest BCUT2D eigenvalue weighted by atomic mass is 10.4. The lowest BCUT2D eigenvalue weighted by Gasteiger charge is -2.23. The molecule has 0 fully saturated rings. The van der Waals surface area contributed by atoms with E-state index in [1.807, 2.05) is 0 Å². The molecule has 7 heteroatoms. The predicted molar refractivity (Wildman–Crippen MR) is 60.2 cm³/mol. The van der Waals surface area contributed by atoms with Gasteiger partial charge >= 0.3 is 5.69 Å². The zero-order valence-corrected chi connectivity index (χ0v) is 9.82. The van der Waals surface area contributed by atoms with E-state index < -0.39 is 19.0 Å². The Kier molecular flexibility index (Phi) is 4.86. The Bertz CT molecular complexity index is 417. The number of methoxy groups -OCH3 is 1. The summed E-state index contributed by atoms with van der Waals surface area (Å²) in [5.74, 6) is 0.0787. The summed E-state index contributed by atoms with van der Waals surface area (Å²) < 4.78 is 30.9. The highest BCUT2D eigenvalue weighted by Crippen LogP contribution is 2.23. The molecule has 0 radical (unpaired) electrons. The Labute approximate surface area is 97.6 Å². The largest absolute Gasteiger partial charge is 0.479 e. The van der Waals surface area contributed by atoms with E-state index in [1.54, 1.807) is 0 Å². The van der Waals surface area contributed by atoms with Gasteiger partial charge in [0.2, 0.25) is 5.88 Å². The van der Waals surface area contributed by atoms with Gasteiger partial charge in [-0.2, -0.15) is 4.98 Å². The number of alkyl halides is 2. The summed E-state index contributed by atoms with van der Waals surface area (Å²) in [6, 6.07) is 0. The Morgan fingerprint density at radius 1 is 1.41 bits per heavy atom. The van der Waals surface area contributed by atoms with Crippen LogP contribution in [0.5, 0.6) is 5.88 Å². The monoisotopic (exact) mass is 247 g/mol. The number of aromatic nitrogens is 2. The quantitative estimate of drug-likeness (QED) is 0.736. The van der Waals surface area contributed by atoms with Crippen molar-refractivity contribution >= 4 is 5.69 Å². The van der Waals surface area contributed by atoms with E-state index in [-0.39, 0.29) is 19.0 Å². The zero-order chi connectivity index (χ0) is 12.8. The van der Waals surface area contributed by atoms with Crippen molar-refractivity contribution in [2.45, 2.75) is 0 Å². The number of halogens is 2. The standard InChI is InChI=1S/C10H15F2N3O2/c1-14-7-8(9(17-2)13-10(14)16)15(5-3-11)6-4-12/h7H,3-6H2,1-2H3. The molecule has 0 amide bonds. The average molecular weight is 247 g/mol. The molecular weight excluding hydrogens is 232 g/mol. The third-order valence-corrected chi connectivity index (χ3v) is 2.28. The molecule has 0 spiro atoms. The SMILES string of the molecule is COc1nc(=O)n(C)cc1N(CCF)CCF. The van der Waals surface area contributed by atoms with E-state index in [9.17, 15) is 13.6 Å². The average Bonchev–Trinajstić information content (AvgIpc) is 2.32. The normalized spacial score (nSPS) is 10.4. The first-order valence-electron chi connectivity index (χ1n) is 5.12. The summed E-state index contributed by atoms with van der Waals surface area (Å²) in [6.45, 7) is -1.18. The third kappa shape index (κ3) is 3.15. The van der Waals surface area contributed by atoms with Gasteiger partial charge in [-0.3, -0.25) is 4.57 Å². The second-order valence-electron chi connectivity index (χ2n) is 3.39. The summed E-state index contributed by atoms with van der Waals surface area (Å²) >= 11 is 0. The van der Waals surface area contributed by atoms with Crippen molar-refractivity contribution in [1.29, 1.82) is 0 Å². The molecule has 17 heavy (non-hydrogen) atoms. The molecule has 1 aromatic heterocycles. The van der Waals surface area contributed by atoms with Gasteiger partial charge in [0.1, 0.15) is 19.0 Å². The molecule has 1 heterocycles. The molecule has 0 bridgehead atoms. The van der Waals surface area contributed by atoms with Gasteiger partial charge in [0.15, 0.2) is 0 Å². The van der Waals surface area contributed by atoms with Gasteiger partial charge in [0.25, 0.3) is 0 Å². The minimum Gasteiger partial charge on any atom is -0.479 e. The Morgan fingerprint density at radius 2 is 2.00 bits per heavy atom. The smallest absolute Gasteiger partial charge is 0.350 e. The number of rotatable bonds is 6. The number of aryl methyl sites for hydroxylation is 1. The van der Waals surface area contributed by atoms with Crippen molar-refractivity contribution in [2.75, 3.05) is 38.4 Å². The Morgan fingerprint density at radius 3 is 2.47 bits per heavy atom. The fraction of sp³-hybridized carbons (Fsp3) is 0.600. The molecule has 0 aliphatic rings. The first-order valence-corrected chi connectivity index (χ1v) is 5.12. The van der Waals surface area contributed by atoms with Crippen molar-refractivity contribution in [3.63, 3.8) is 0 Å². The maximum absolute atomic E-state index is 12.4. The van der Waals surface area contributed by atoms with Crippen LogP contribution in [0.2, 0.25) is 0 Å². The molecule has 1 aromatic rings. The van der Waals surface area contributed by atoms with Crippen LogP contribution in [-0.4, -0.2) is 43.1 Å². The Balaban J connectivity index is 3.15. The highest BCUT2D eigenvalue weighted by Gasteiger charge is 2.15. The molecule has 0 unspecified atom stereocenters. The van der Waals surface area contributed by atoms with Gasteiger partial charge in [-0.15, -0.1) is 0 Å². The minimum atomic E-state index is -0.619. The number of anilines is 1. The van der Waals surface area contributed by atoms with Gasteiger partial charge in [0.05, 0.1) is 7.11 Å². The van der Waals surface area contributed by atoms with Crippen molar-refractivity contribution in [1.82, 2.24) is 9.55 Å². The maximum Gasteiger partial charge on any atom is 0.350 e. The molecule has 96 valence electrons. The molecular formula is C10H15F2N3O2. The summed E-state index contributed by atoms with van der Waals surface area (Å²) in [4.78, 5) is 16.4. The molecule has 0 saturated carbocycles. The van der Waals surface area contributed by atoms with Crippen LogP contribution >= 0.6 is 0 Å². The van der Waals surface area contributed by atoms with Crippen molar-refractivity contribution in [3.05, 3.63) is 16.7 Å². The fourth-order valence-electron chi connectivity index (χ4n) is 1.44. The molecule has 0 aromatic carbocycles. The second-order valence-corrected chi connectivity index (χ2v) is 3.39. The number of ether oxygens (including phenoxy) is 1. The van der Waals surface area contributed by atoms with E-state index in [2.05, 4.69) is 4.98 Å². The van der Waals surface area contributed by atoms with Crippen LogP contribution < -0.4 is 15.3 Å². The van der Waals surface area contributed by atoms with Crippen LogP contribution in [0.4, 0.5) is 14.5 Å². The third-order valence-electron chi connectivity index (χ3n) is 2.28. The minimum absolute atomic E-state index is 0.0279. The van der Waals surface area contributed by atoms with Crippen molar-refractivity contribution < 1.29 is 13.5 Å². The number of hydrogen-bond acceptors (Lipinski definition) is 4. The number of nitrogens with zero attached hydrogens (tertiary/aromatic N) is 3. The molecule has 0 N–H and O–H groups in total. The van der Waals surface area contributed by atoms with Gasteiger partial charge in [-0.25, -0.2) is 13.6 Å². The molecule has 0 aliphatic carbocycles. The van der Waals surface area contributed by atoms with Crippen LogP contribution in [0.3, 0.4) is 0 Å². The summed E-state index contributed by atoms with van der Waals surface area (Å²) in [5, 5.41) is 0. The van der Waals surface area contributed by atoms with Crippen molar-refractivity contribution in [2.24, 2.45) is 7.05 Å². The first kappa shape index (κ1) is 13.4. The van der Waals surface area contributed by atoms with Crippen molar-refractivity contribution in [3.8, 4) is 5.88 Å². The molecule has 0 saturated heterocycles. The van der Waals surface area contributed by atoms with Crippen LogP contribution in [0.25, 0.3) is 0 Å². The van der Waals surface area contributed by atoms with Gasteiger partial charge in [-0.1, -0.05) is 0 Å². The van der Waals surface area contributed by atoms with Crippen LogP contribution in [0.1, 0.15) is 0 Å². The molecule has 0 aliphatic heterocycles. The molecule has 5 nitrogen and oxygen atoms in total. The molecule has 1 rings (SSSR count). The summed E-state index contributed by atoms with van der Waals surface area (Å²) in [7, 11) is 2.87. The van der Waals surface area contributed by atoms with E-state index in [0.717, 1.165) is 0 Å². The fourth-order valence-corrected chi connectivity index (χ4v) is 1.44. The summed E-state index contributed by atoms with van der Waals surface area (Å²) in [5.41, 5.74) is -0.0732. The van der Waals surface area contributed by atoms with Gasteiger partial charge in [0, 0.05) is 26.3 Å². The maximum atomic E-state index is 12.4. The number of hydrogen-bond donors (Lipinski definition) is 0. The highest BCUT2D eigenvalue weighted by atomic mass is 19.1. The highest BCUT2D eigenvalue weighted by molar-refractivity contribution is 5.53. The van der Waals surface area contributed by atoms with Gasteiger partial charge < -0.3 is 9.64 Å². The topological polar surface area (TPSA) is 47.4 Å². The first-order chi connectivity index (χ1) is 8.13. The van der Waals surface area contributed by atoms with E-state index in [0.29, 0.717) is 5.69 Å². The van der Waals surface area contributed by atoms with Crippen LogP contribution in [0.15, 0.2) is 11.0 Å². The Hall–Kier alpha value is -1.66. The lowest BCUT2D eigenvalue weighted by Crippen LogP contribution is -2.31. The lowest BCUT2D eigenvalue weighted by molar-refractivity contribution is 0.389. The van der Waals surface area contributed by atoms with Gasteiger partial charge in [-0.05, 0) is 0 Å². The zero-order valence-electron chi connectivity index (χ0n) is 9.82.